The van der Waals surface area contributed by atoms with Crippen LogP contribution in [0, 0.1) is 17.0 Å². The molecule has 0 unspecified atom stereocenters. The Morgan fingerprint density at radius 2 is 1.39 bits per heavy atom. The van der Waals surface area contributed by atoms with Crippen molar-refractivity contribution < 1.29 is 9.72 Å². The van der Waals surface area contributed by atoms with Gasteiger partial charge in [-0.15, -0.1) is 0 Å². The SMILES string of the molecule is Cc1cc(N=Nc2ccc3c(c2)C(=O)c2cc([N+](=O)[O-])ccc2-3)ccc1Nc1ccccc1. The molecule has 0 atom stereocenters. The van der Waals surface area contributed by atoms with Crippen LogP contribution in [0.1, 0.15) is 21.5 Å². The molecule has 5 rings (SSSR count). The molecule has 0 heterocycles. The molecular formula is C26H18N4O3. The molecule has 33 heavy (non-hydrogen) atoms. The minimum Gasteiger partial charge on any atom is -0.355 e. The van der Waals surface area contributed by atoms with Crippen LogP contribution < -0.4 is 5.32 Å². The summed E-state index contributed by atoms with van der Waals surface area (Å²) in [5.74, 6) is -0.243. The number of nitro benzene ring substituents is 1. The number of carbonyl (C=O) groups is 1. The number of hydrogen-bond donors (Lipinski definition) is 1. The average Bonchev–Trinajstić information content (AvgIpc) is 3.11. The first-order valence-corrected chi connectivity index (χ1v) is 10.3. The summed E-state index contributed by atoms with van der Waals surface area (Å²) in [6.45, 7) is 1.99. The molecule has 0 aliphatic heterocycles. The molecule has 7 heteroatoms. The van der Waals surface area contributed by atoms with Crippen molar-refractivity contribution in [1.29, 1.82) is 0 Å². The Morgan fingerprint density at radius 1 is 0.758 bits per heavy atom. The van der Waals surface area contributed by atoms with Crippen LogP contribution in [-0.4, -0.2) is 10.7 Å². The number of anilines is 2. The molecule has 0 fully saturated rings. The number of ketones is 1. The first-order valence-electron chi connectivity index (χ1n) is 10.3. The van der Waals surface area contributed by atoms with E-state index in [2.05, 4.69) is 15.5 Å². The van der Waals surface area contributed by atoms with Crippen LogP contribution in [0.2, 0.25) is 0 Å². The van der Waals surface area contributed by atoms with Gasteiger partial charge in [-0.3, -0.25) is 14.9 Å². The summed E-state index contributed by atoms with van der Waals surface area (Å²) in [5, 5.41) is 23.0. The molecule has 0 saturated carbocycles. The Kier molecular flexibility index (Phi) is 4.99. The number of nitrogens with zero attached hydrogens (tertiary/aromatic N) is 3. The lowest BCUT2D eigenvalue weighted by Crippen LogP contribution is -1.96. The second-order valence-electron chi connectivity index (χ2n) is 7.74. The predicted octanol–water partition coefficient (Wildman–Crippen LogP) is 7.27. The van der Waals surface area contributed by atoms with Gasteiger partial charge in [0, 0.05) is 34.6 Å². The van der Waals surface area contributed by atoms with Crippen molar-refractivity contribution in [3.8, 4) is 11.1 Å². The number of non-ortho nitro benzene ring substituents is 1. The topological polar surface area (TPSA) is 97.0 Å². The molecule has 0 radical (unpaired) electrons. The summed E-state index contributed by atoms with van der Waals surface area (Å²) in [7, 11) is 0. The summed E-state index contributed by atoms with van der Waals surface area (Å²) in [4.78, 5) is 23.4. The number of para-hydroxylation sites is 1. The predicted molar refractivity (Wildman–Crippen MR) is 127 cm³/mol. The number of nitrogens with one attached hydrogen (secondary N) is 1. The molecule has 0 aromatic heterocycles. The number of benzene rings is 4. The van der Waals surface area contributed by atoms with Gasteiger partial charge in [0.25, 0.3) is 5.69 Å². The molecule has 1 aliphatic carbocycles. The molecule has 1 N–H and O–H groups in total. The Hall–Kier alpha value is -4.65. The van der Waals surface area contributed by atoms with Crippen LogP contribution in [0.3, 0.4) is 0 Å². The number of hydrogen-bond acceptors (Lipinski definition) is 6. The Balaban J connectivity index is 1.37. The fourth-order valence-corrected chi connectivity index (χ4v) is 3.87. The Labute approximate surface area is 189 Å². The van der Waals surface area contributed by atoms with Gasteiger partial charge in [0.15, 0.2) is 5.78 Å². The van der Waals surface area contributed by atoms with Gasteiger partial charge in [-0.05, 0) is 72.1 Å². The number of rotatable bonds is 5. The van der Waals surface area contributed by atoms with Gasteiger partial charge < -0.3 is 5.32 Å². The van der Waals surface area contributed by atoms with Gasteiger partial charge in [0.1, 0.15) is 0 Å². The van der Waals surface area contributed by atoms with Gasteiger partial charge in [-0.1, -0.05) is 24.3 Å². The van der Waals surface area contributed by atoms with E-state index in [1.165, 1.54) is 12.1 Å². The van der Waals surface area contributed by atoms with Crippen LogP contribution in [0.4, 0.5) is 28.4 Å². The summed E-state index contributed by atoms with van der Waals surface area (Å²) in [6.07, 6.45) is 0. The zero-order valence-corrected chi connectivity index (χ0v) is 17.6. The maximum absolute atomic E-state index is 12.8. The fourth-order valence-electron chi connectivity index (χ4n) is 3.87. The van der Waals surface area contributed by atoms with Crippen LogP contribution >= 0.6 is 0 Å². The van der Waals surface area contributed by atoms with Crippen LogP contribution in [0.5, 0.6) is 0 Å². The number of nitro groups is 1. The van der Waals surface area contributed by atoms with Crippen LogP contribution in [0.15, 0.2) is 95.2 Å². The van der Waals surface area contributed by atoms with Crippen molar-refractivity contribution in [3.05, 3.63) is 112 Å². The normalized spacial score (nSPS) is 12.0. The van der Waals surface area contributed by atoms with Gasteiger partial charge in [0.05, 0.1) is 16.3 Å². The number of azo groups is 1. The lowest BCUT2D eigenvalue weighted by Gasteiger charge is -2.09. The van der Waals surface area contributed by atoms with Gasteiger partial charge in [-0.2, -0.15) is 10.2 Å². The molecular weight excluding hydrogens is 416 g/mol. The smallest absolute Gasteiger partial charge is 0.270 e. The van der Waals surface area contributed by atoms with Gasteiger partial charge in [-0.25, -0.2) is 0 Å². The van der Waals surface area contributed by atoms with Crippen LogP contribution in [-0.2, 0) is 0 Å². The van der Waals surface area contributed by atoms with E-state index >= 15 is 0 Å². The maximum atomic E-state index is 12.8. The second kappa shape index (κ2) is 8.12. The summed E-state index contributed by atoms with van der Waals surface area (Å²) < 4.78 is 0. The highest BCUT2D eigenvalue weighted by Crippen LogP contribution is 2.40. The fraction of sp³-hybridized carbons (Fsp3) is 0.0385. The van der Waals surface area contributed by atoms with Crippen molar-refractivity contribution >= 4 is 34.2 Å². The highest BCUT2D eigenvalue weighted by Gasteiger charge is 2.28. The van der Waals surface area contributed by atoms with Crippen molar-refractivity contribution in [2.24, 2.45) is 10.2 Å². The molecule has 0 saturated heterocycles. The molecule has 0 amide bonds. The standard InChI is InChI=1S/C26H18N4O3/c1-16-13-18(8-12-25(16)27-17-5-3-2-4-6-17)28-29-19-7-10-21-22-11-9-20(30(32)33)15-24(22)26(31)23(21)14-19/h2-15,27H,1H3. The third-order valence-electron chi connectivity index (χ3n) is 5.54. The molecule has 7 nitrogen and oxygen atoms in total. The molecule has 0 spiro atoms. The summed E-state index contributed by atoms with van der Waals surface area (Å²) >= 11 is 0. The van der Waals surface area contributed by atoms with Crippen molar-refractivity contribution in [2.75, 3.05) is 5.32 Å². The van der Waals surface area contributed by atoms with Crippen LogP contribution in [0.25, 0.3) is 11.1 Å². The quantitative estimate of drug-likeness (QED) is 0.179. The highest BCUT2D eigenvalue weighted by atomic mass is 16.6. The number of carbonyl (C=O) groups excluding carboxylic acids is 1. The summed E-state index contributed by atoms with van der Waals surface area (Å²) in [5.41, 5.74) is 6.39. The van der Waals surface area contributed by atoms with Crippen molar-refractivity contribution in [1.82, 2.24) is 0 Å². The molecule has 160 valence electrons. The van der Waals surface area contributed by atoms with E-state index in [9.17, 15) is 14.9 Å². The third-order valence-corrected chi connectivity index (χ3v) is 5.54. The van der Waals surface area contributed by atoms with Crippen molar-refractivity contribution in [3.63, 3.8) is 0 Å². The van der Waals surface area contributed by atoms with E-state index < -0.39 is 4.92 Å². The van der Waals surface area contributed by atoms with E-state index in [-0.39, 0.29) is 11.5 Å². The first-order chi connectivity index (χ1) is 16.0. The Morgan fingerprint density at radius 3 is 2.09 bits per heavy atom. The van der Waals surface area contributed by atoms with E-state index in [1.807, 2.05) is 55.5 Å². The zero-order chi connectivity index (χ0) is 22.9. The first kappa shape index (κ1) is 20.3. The summed E-state index contributed by atoms with van der Waals surface area (Å²) in [6, 6.07) is 25.3. The largest absolute Gasteiger partial charge is 0.355 e. The second-order valence-corrected chi connectivity index (χ2v) is 7.74. The molecule has 4 aromatic carbocycles. The molecule has 1 aliphatic rings. The third kappa shape index (κ3) is 3.87. The van der Waals surface area contributed by atoms with E-state index in [0.717, 1.165) is 22.5 Å². The van der Waals surface area contributed by atoms with Gasteiger partial charge in [0.2, 0.25) is 0 Å². The van der Waals surface area contributed by atoms with E-state index in [4.69, 9.17) is 0 Å². The highest BCUT2D eigenvalue weighted by molar-refractivity contribution is 6.22. The monoisotopic (exact) mass is 434 g/mol. The van der Waals surface area contributed by atoms with Crippen molar-refractivity contribution in [2.45, 2.75) is 6.92 Å². The van der Waals surface area contributed by atoms with E-state index in [0.29, 0.717) is 28.1 Å². The number of aryl methyl sites for hydroxylation is 1. The Bertz CT molecular complexity index is 1450. The zero-order valence-electron chi connectivity index (χ0n) is 17.6. The maximum Gasteiger partial charge on any atom is 0.270 e. The van der Waals surface area contributed by atoms with Gasteiger partial charge >= 0.3 is 0 Å². The molecule has 0 bridgehead atoms. The number of fused-ring (bicyclic) bond motifs is 3. The van der Waals surface area contributed by atoms with E-state index in [1.54, 1.807) is 24.3 Å². The molecule has 4 aromatic rings. The minimum absolute atomic E-state index is 0.101. The lowest BCUT2D eigenvalue weighted by atomic mass is 10.1. The lowest BCUT2D eigenvalue weighted by molar-refractivity contribution is -0.384. The minimum atomic E-state index is -0.501. The average molecular weight is 434 g/mol.